The number of fused-ring (bicyclic) bond motifs is 1. The highest BCUT2D eigenvalue weighted by Gasteiger charge is 2.22. The number of ether oxygens (including phenoxy) is 1. The molecule has 0 atom stereocenters. The van der Waals surface area contributed by atoms with Gasteiger partial charge in [-0.25, -0.2) is 4.98 Å². The molecule has 158 valence electrons. The van der Waals surface area contributed by atoms with Gasteiger partial charge in [0.25, 0.3) is 0 Å². The standard InChI is InChI=1S/C24H22N2O3S2/c1-3-29-21(28)13-17-14-30-24(25-17)31-15-20(27)22-18-11-7-8-12-19(18)26(2)23(22)16-9-5-4-6-10-16/h4-12,14H,3,13,15H2,1-2H3. The summed E-state index contributed by atoms with van der Waals surface area (Å²) in [4.78, 5) is 29.5. The van der Waals surface area contributed by atoms with Gasteiger partial charge in [-0.05, 0) is 18.6 Å². The molecule has 0 radical (unpaired) electrons. The summed E-state index contributed by atoms with van der Waals surface area (Å²) in [6, 6.07) is 18.0. The number of carbonyl (C=O) groups excluding carboxylic acids is 2. The van der Waals surface area contributed by atoms with Gasteiger partial charge in [-0.15, -0.1) is 11.3 Å². The minimum absolute atomic E-state index is 0.0581. The number of aryl methyl sites for hydroxylation is 1. The van der Waals surface area contributed by atoms with E-state index in [1.54, 1.807) is 6.92 Å². The zero-order valence-electron chi connectivity index (χ0n) is 17.3. The van der Waals surface area contributed by atoms with E-state index < -0.39 is 0 Å². The number of benzene rings is 2. The summed E-state index contributed by atoms with van der Waals surface area (Å²) in [5.74, 6) is 0.0479. The Hall–Kier alpha value is -2.90. The molecular formula is C24H22N2O3S2. The molecule has 4 aromatic rings. The van der Waals surface area contributed by atoms with E-state index in [2.05, 4.69) is 9.55 Å². The van der Waals surface area contributed by atoms with Crippen molar-refractivity contribution in [3.05, 3.63) is 71.2 Å². The van der Waals surface area contributed by atoms with E-state index in [9.17, 15) is 9.59 Å². The normalized spacial score (nSPS) is 11.0. The Morgan fingerprint density at radius 2 is 1.84 bits per heavy atom. The number of aromatic nitrogens is 2. The van der Waals surface area contributed by atoms with E-state index >= 15 is 0 Å². The average molecular weight is 451 g/mol. The number of para-hydroxylation sites is 1. The lowest BCUT2D eigenvalue weighted by Gasteiger charge is -2.07. The van der Waals surface area contributed by atoms with Crippen molar-refractivity contribution in [2.75, 3.05) is 12.4 Å². The number of esters is 1. The number of ketones is 1. The van der Waals surface area contributed by atoms with Gasteiger partial charge >= 0.3 is 5.97 Å². The highest BCUT2D eigenvalue weighted by Crippen LogP contribution is 2.34. The topological polar surface area (TPSA) is 61.2 Å². The van der Waals surface area contributed by atoms with Crippen molar-refractivity contribution in [3.63, 3.8) is 0 Å². The van der Waals surface area contributed by atoms with Crippen molar-refractivity contribution < 1.29 is 14.3 Å². The molecule has 0 aliphatic heterocycles. The highest BCUT2D eigenvalue weighted by molar-refractivity contribution is 8.01. The number of carbonyl (C=O) groups is 2. The lowest BCUT2D eigenvalue weighted by Crippen LogP contribution is -2.07. The summed E-state index contributed by atoms with van der Waals surface area (Å²) in [7, 11) is 2.00. The van der Waals surface area contributed by atoms with Crippen LogP contribution in [0.25, 0.3) is 22.2 Å². The first-order chi connectivity index (χ1) is 15.1. The van der Waals surface area contributed by atoms with E-state index in [1.807, 2.05) is 67.0 Å². The molecule has 0 spiro atoms. The molecule has 0 fully saturated rings. The fourth-order valence-corrected chi connectivity index (χ4v) is 5.32. The van der Waals surface area contributed by atoms with Crippen LogP contribution in [-0.2, 0) is 23.0 Å². The molecule has 2 aromatic heterocycles. The number of nitrogens with zero attached hydrogens (tertiary/aromatic N) is 2. The number of hydrogen-bond donors (Lipinski definition) is 0. The quantitative estimate of drug-likeness (QED) is 0.205. The van der Waals surface area contributed by atoms with Crippen LogP contribution in [0.15, 0.2) is 64.3 Å². The second-order valence-electron chi connectivity index (χ2n) is 6.96. The predicted molar refractivity (Wildman–Crippen MR) is 126 cm³/mol. The van der Waals surface area contributed by atoms with E-state index in [0.29, 0.717) is 12.3 Å². The maximum absolute atomic E-state index is 13.4. The first-order valence-corrected chi connectivity index (χ1v) is 11.8. The van der Waals surface area contributed by atoms with Gasteiger partial charge in [0.05, 0.1) is 35.7 Å². The van der Waals surface area contributed by atoms with Gasteiger partial charge in [0.1, 0.15) is 0 Å². The monoisotopic (exact) mass is 450 g/mol. The average Bonchev–Trinajstić information content (AvgIpc) is 3.35. The second kappa shape index (κ2) is 9.49. The number of Topliss-reactive ketones (excluding diaryl/α,β-unsaturated/α-hetero) is 1. The Balaban J connectivity index is 1.59. The summed E-state index contributed by atoms with van der Waals surface area (Å²) in [6.45, 7) is 2.14. The molecular weight excluding hydrogens is 428 g/mol. The van der Waals surface area contributed by atoms with E-state index in [-0.39, 0.29) is 23.9 Å². The van der Waals surface area contributed by atoms with Gasteiger partial charge in [0.2, 0.25) is 0 Å². The number of thiazole rings is 1. The van der Waals surface area contributed by atoms with Gasteiger partial charge in [0, 0.05) is 23.3 Å². The van der Waals surface area contributed by atoms with Gasteiger partial charge in [-0.1, -0.05) is 60.3 Å². The summed E-state index contributed by atoms with van der Waals surface area (Å²) < 4.78 is 7.83. The molecule has 2 heterocycles. The smallest absolute Gasteiger partial charge is 0.311 e. The van der Waals surface area contributed by atoms with Crippen molar-refractivity contribution >= 4 is 45.8 Å². The third-order valence-electron chi connectivity index (χ3n) is 4.92. The van der Waals surface area contributed by atoms with Crippen LogP contribution in [0.1, 0.15) is 23.0 Å². The van der Waals surface area contributed by atoms with Crippen LogP contribution in [0.4, 0.5) is 0 Å². The summed E-state index contributed by atoms with van der Waals surface area (Å²) in [5, 5.41) is 2.80. The Morgan fingerprint density at radius 3 is 2.61 bits per heavy atom. The van der Waals surface area contributed by atoms with Crippen LogP contribution in [0, 0.1) is 0 Å². The number of hydrogen-bond acceptors (Lipinski definition) is 6. The Morgan fingerprint density at radius 1 is 1.10 bits per heavy atom. The molecule has 5 nitrogen and oxygen atoms in total. The molecule has 2 aromatic carbocycles. The van der Waals surface area contributed by atoms with Crippen LogP contribution in [0.3, 0.4) is 0 Å². The summed E-state index contributed by atoms with van der Waals surface area (Å²) in [6.07, 6.45) is 0.153. The largest absolute Gasteiger partial charge is 0.466 e. The molecule has 0 saturated carbocycles. The zero-order chi connectivity index (χ0) is 21.8. The Labute approximate surface area is 189 Å². The van der Waals surface area contributed by atoms with Crippen molar-refractivity contribution in [2.24, 2.45) is 7.05 Å². The molecule has 0 saturated heterocycles. The lowest BCUT2D eigenvalue weighted by atomic mass is 10.0. The summed E-state index contributed by atoms with van der Waals surface area (Å²) in [5.41, 5.74) is 4.38. The third kappa shape index (κ3) is 4.57. The van der Waals surface area contributed by atoms with E-state index in [4.69, 9.17) is 4.74 Å². The van der Waals surface area contributed by atoms with E-state index in [0.717, 1.165) is 32.1 Å². The lowest BCUT2D eigenvalue weighted by molar-refractivity contribution is -0.142. The van der Waals surface area contributed by atoms with Gasteiger partial charge in [-0.3, -0.25) is 9.59 Å². The molecule has 0 unspecified atom stereocenters. The van der Waals surface area contributed by atoms with Crippen LogP contribution in [-0.4, -0.2) is 33.7 Å². The molecule has 0 bridgehead atoms. The van der Waals surface area contributed by atoms with Crippen LogP contribution in [0.5, 0.6) is 0 Å². The number of thioether (sulfide) groups is 1. The number of rotatable bonds is 8. The van der Waals surface area contributed by atoms with E-state index in [1.165, 1.54) is 23.1 Å². The fraction of sp³-hybridized carbons (Fsp3) is 0.208. The maximum Gasteiger partial charge on any atom is 0.311 e. The Bertz CT molecular complexity index is 1230. The van der Waals surface area contributed by atoms with Gasteiger partial charge in [-0.2, -0.15) is 0 Å². The molecule has 0 aliphatic rings. The van der Waals surface area contributed by atoms with Crippen LogP contribution >= 0.6 is 23.1 Å². The first kappa shape index (κ1) is 21.3. The van der Waals surface area contributed by atoms with Crippen molar-refractivity contribution in [3.8, 4) is 11.3 Å². The minimum Gasteiger partial charge on any atom is -0.466 e. The van der Waals surface area contributed by atoms with Crippen molar-refractivity contribution in [2.45, 2.75) is 17.7 Å². The SMILES string of the molecule is CCOC(=O)Cc1csc(SCC(=O)c2c(-c3ccccc3)n(C)c3ccccc23)n1. The molecule has 0 N–H and O–H groups in total. The molecule has 31 heavy (non-hydrogen) atoms. The van der Waals surface area contributed by atoms with Gasteiger partial charge < -0.3 is 9.30 Å². The van der Waals surface area contributed by atoms with Crippen LogP contribution in [0.2, 0.25) is 0 Å². The van der Waals surface area contributed by atoms with Crippen LogP contribution < -0.4 is 0 Å². The minimum atomic E-state index is -0.288. The predicted octanol–water partition coefficient (Wildman–Crippen LogP) is 5.38. The molecule has 0 amide bonds. The highest BCUT2D eigenvalue weighted by atomic mass is 32.2. The summed E-state index contributed by atoms with van der Waals surface area (Å²) >= 11 is 2.85. The molecule has 4 rings (SSSR count). The first-order valence-electron chi connectivity index (χ1n) is 9.97. The fourth-order valence-electron chi connectivity index (χ4n) is 3.60. The zero-order valence-corrected chi connectivity index (χ0v) is 19.0. The Kier molecular flexibility index (Phi) is 6.53. The molecule has 0 aliphatic carbocycles. The van der Waals surface area contributed by atoms with Crippen molar-refractivity contribution in [1.82, 2.24) is 9.55 Å². The molecule has 7 heteroatoms. The third-order valence-corrected chi connectivity index (χ3v) is 6.99. The van der Waals surface area contributed by atoms with Gasteiger partial charge in [0.15, 0.2) is 10.1 Å². The second-order valence-corrected chi connectivity index (χ2v) is 9.04. The van der Waals surface area contributed by atoms with Crippen molar-refractivity contribution in [1.29, 1.82) is 0 Å². The maximum atomic E-state index is 13.4.